The van der Waals surface area contributed by atoms with Crippen LogP contribution in [0, 0.1) is 0 Å². The number of rotatable bonds is 4. The molecule has 6 heteroatoms. The van der Waals surface area contributed by atoms with Crippen molar-refractivity contribution in [3.05, 3.63) is 57.0 Å². The van der Waals surface area contributed by atoms with E-state index in [1.807, 2.05) is 18.2 Å². The van der Waals surface area contributed by atoms with Crippen LogP contribution in [0.1, 0.15) is 28.6 Å². The maximum atomic E-state index is 12.7. The maximum Gasteiger partial charge on any atom is 0.267 e. The van der Waals surface area contributed by atoms with Crippen molar-refractivity contribution >= 4 is 56.3 Å². The average molecular weight is 365 g/mol. The van der Waals surface area contributed by atoms with Gasteiger partial charge in [0.25, 0.3) is 5.91 Å². The smallest absolute Gasteiger partial charge is 0.267 e. The summed E-state index contributed by atoms with van der Waals surface area (Å²) in [7, 11) is 0. The van der Waals surface area contributed by atoms with Crippen molar-refractivity contribution in [2.45, 2.75) is 19.8 Å². The maximum absolute atomic E-state index is 12.7. The molecule has 0 fully saturated rings. The van der Waals surface area contributed by atoms with Crippen LogP contribution in [0.15, 0.2) is 36.5 Å². The molecule has 23 heavy (non-hydrogen) atoms. The number of amides is 1. The highest BCUT2D eigenvalue weighted by molar-refractivity contribution is 7.21. The van der Waals surface area contributed by atoms with Gasteiger partial charge >= 0.3 is 0 Å². The van der Waals surface area contributed by atoms with Gasteiger partial charge in [-0.3, -0.25) is 4.79 Å². The van der Waals surface area contributed by atoms with Crippen LogP contribution in [0.5, 0.6) is 0 Å². The summed E-state index contributed by atoms with van der Waals surface area (Å²) in [6.45, 7) is 2.10. The molecule has 0 atom stereocenters. The normalized spacial score (nSPS) is 10.9. The van der Waals surface area contributed by atoms with Gasteiger partial charge in [0.05, 0.1) is 14.9 Å². The van der Waals surface area contributed by atoms with Gasteiger partial charge in [0.1, 0.15) is 0 Å². The van der Waals surface area contributed by atoms with E-state index < -0.39 is 0 Å². The molecule has 0 aliphatic carbocycles. The van der Waals surface area contributed by atoms with Crippen molar-refractivity contribution in [3.63, 3.8) is 0 Å². The summed E-state index contributed by atoms with van der Waals surface area (Å²) in [5.74, 6) is 0.132. The molecule has 3 rings (SSSR count). The van der Waals surface area contributed by atoms with Crippen molar-refractivity contribution in [2.24, 2.45) is 0 Å². The molecule has 1 N–H and O–H groups in total. The van der Waals surface area contributed by atoms with Crippen LogP contribution in [0.4, 0.5) is 5.82 Å². The van der Waals surface area contributed by atoms with E-state index in [9.17, 15) is 4.79 Å². The van der Waals surface area contributed by atoms with Crippen molar-refractivity contribution < 1.29 is 4.79 Å². The zero-order chi connectivity index (χ0) is 16.4. The molecule has 0 unspecified atom stereocenters. The zero-order valence-corrected chi connectivity index (χ0v) is 14.7. The van der Waals surface area contributed by atoms with Crippen LogP contribution in [0.3, 0.4) is 0 Å². The summed E-state index contributed by atoms with van der Waals surface area (Å²) < 4.78 is 1.11. The van der Waals surface area contributed by atoms with Gasteiger partial charge in [0.15, 0.2) is 5.82 Å². The van der Waals surface area contributed by atoms with Gasteiger partial charge in [-0.1, -0.05) is 54.7 Å². The number of nitrogens with one attached hydrogen (secondary N) is 1. The summed E-state index contributed by atoms with van der Waals surface area (Å²) in [5, 5.41) is 4.68. The Hall–Kier alpha value is -1.62. The summed E-state index contributed by atoms with van der Waals surface area (Å²) in [6, 6.07) is 9.62. The van der Waals surface area contributed by atoms with Crippen molar-refractivity contribution in [1.29, 1.82) is 0 Å². The average Bonchev–Trinajstić information content (AvgIpc) is 2.90. The molecule has 0 aliphatic heterocycles. The van der Waals surface area contributed by atoms with Crippen molar-refractivity contribution in [2.75, 3.05) is 5.32 Å². The minimum atomic E-state index is -0.189. The van der Waals surface area contributed by atoms with Crippen LogP contribution >= 0.6 is 34.5 Å². The summed E-state index contributed by atoms with van der Waals surface area (Å²) >= 11 is 13.4. The minimum Gasteiger partial charge on any atom is -0.305 e. The summed E-state index contributed by atoms with van der Waals surface area (Å²) in [6.07, 6.45) is 3.29. The number of carbonyl (C=O) groups excluding carboxylic acids is 1. The third-order valence-corrected chi connectivity index (χ3v) is 5.15. The predicted molar refractivity (Wildman–Crippen MR) is 98.0 cm³/mol. The van der Waals surface area contributed by atoms with E-state index in [0.29, 0.717) is 20.7 Å². The molecule has 3 nitrogen and oxygen atoms in total. The molecule has 0 saturated carbocycles. The first-order valence-corrected chi connectivity index (χ1v) is 8.80. The fourth-order valence-electron chi connectivity index (χ4n) is 2.45. The number of thiophene rings is 1. The van der Waals surface area contributed by atoms with E-state index in [1.54, 1.807) is 6.07 Å². The van der Waals surface area contributed by atoms with E-state index in [1.165, 1.54) is 17.5 Å². The summed E-state index contributed by atoms with van der Waals surface area (Å²) in [4.78, 5) is 17.5. The number of carbonyl (C=O) groups is 1. The lowest BCUT2D eigenvalue weighted by Crippen LogP contribution is -2.13. The molecule has 1 amide bonds. The van der Waals surface area contributed by atoms with Crippen LogP contribution in [-0.2, 0) is 6.42 Å². The Labute approximate surface area is 148 Å². The van der Waals surface area contributed by atoms with Gasteiger partial charge in [-0.25, -0.2) is 4.98 Å². The highest BCUT2D eigenvalue weighted by atomic mass is 35.5. The Morgan fingerprint density at radius 3 is 2.83 bits per heavy atom. The Bertz CT molecular complexity index is 876. The second-order valence-corrected chi connectivity index (χ2v) is 6.99. The lowest BCUT2D eigenvalue weighted by Gasteiger charge is -2.07. The number of benzene rings is 1. The molecule has 0 saturated heterocycles. The second kappa shape index (κ2) is 6.87. The van der Waals surface area contributed by atoms with E-state index >= 15 is 0 Å². The van der Waals surface area contributed by atoms with Gasteiger partial charge in [-0.2, -0.15) is 0 Å². The molecular formula is C17H14Cl2N2OS. The number of anilines is 1. The number of aryl methyl sites for hydroxylation is 1. The van der Waals surface area contributed by atoms with Gasteiger partial charge < -0.3 is 5.32 Å². The number of aromatic nitrogens is 1. The Morgan fingerprint density at radius 1 is 1.30 bits per heavy atom. The highest BCUT2D eigenvalue weighted by Crippen LogP contribution is 2.33. The molecule has 0 radical (unpaired) electrons. The SMILES string of the molecule is CCCc1c(C(=O)Nc2ncc(Cl)cc2Cl)sc2ccccc12. The highest BCUT2D eigenvalue weighted by Gasteiger charge is 2.19. The molecular weight excluding hydrogens is 351 g/mol. The third kappa shape index (κ3) is 3.34. The fourth-order valence-corrected chi connectivity index (χ4v) is 4.03. The number of fused-ring (bicyclic) bond motifs is 1. The standard InChI is InChI=1S/C17H14Cl2N2OS/c1-2-5-12-11-6-3-4-7-14(11)23-15(12)17(22)21-16-13(19)8-10(18)9-20-16/h3-4,6-9H,2,5H2,1H3,(H,20,21,22). The van der Waals surface area contributed by atoms with Crippen molar-refractivity contribution in [1.82, 2.24) is 4.98 Å². The largest absolute Gasteiger partial charge is 0.305 e. The monoisotopic (exact) mass is 364 g/mol. The van der Waals surface area contributed by atoms with Crippen molar-refractivity contribution in [3.8, 4) is 0 Å². The first kappa shape index (κ1) is 16.2. The molecule has 3 aromatic rings. The molecule has 118 valence electrons. The van der Waals surface area contributed by atoms with Crippen LogP contribution in [0.2, 0.25) is 10.0 Å². The fraction of sp³-hybridized carbons (Fsp3) is 0.176. The first-order chi connectivity index (χ1) is 11.1. The number of pyridine rings is 1. The van der Waals surface area contributed by atoms with Crippen LogP contribution < -0.4 is 5.32 Å². The predicted octanol–water partition coefficient (Wildman–Crippen LogP) is 5.81. The van der Waals surface area contributed by atoms with E-state index in [-0.39, 0.29) is 5.91 Å². The number of nitrogens with zero attached hydrogens (tertiary/aromatic N) is 1. The minimum absolute atomic E-state index is 0.189. The lowest BCUT2D eigenvalue weighted by molar-refractivity contribution is 0.102. The molecule has 0 aliphatic rings. The Morgan fingerprint density at radius 2 is 2.09 bits per heavy atom. The topological polar surface area (TPSA) is 42.0 Å². The van der Waals surface area contributed by atoms with Crippen LogP contribution in [-0.4, -0.2) is 10.9 Å². The molecule has 1 aromatic carbocycles. The van der Waals surface area contributed by atoms with Gasteiger partial charge in [0, 0.05) is 10.9 Å². The van der Waals surface area contributed by atoms with Gasteiger partial charge in [-0.05, 0) is 29.5 Å². The van der Waals surface area contributed by atoms with E-state index in [4.69, 9.17) is 23.2 Å². The Balaban J connectivity index is 1.98. The van der Waals surface area contributed by atoms with Gasteiger partial charge in [0.2, 0.25) is 0 Å². The molecule has 0 spiro atoms. The molecule has 0 bridgehead atoms. The number of hydrogen-bond acceptors (Lipinski definition) is 3. The summed E-state index contributed by atoms with van der Waals surface area (Å²) in [5.41, 5.74) is 1.08. The lowest BCUT2D eigenvalue weighted by atomic mass is 10.1. The van der Waals surface area contributed by atoms with Crippen LogP contribution in [0.25, 0.3) is 10.1 Å². The van der Waals surface area contributed by atoms with Gasteiger partial charge in [-0.15, -0.1) is 11.3 Å². The number of halogens is 2. The van der Waals surface area contributed by atoms with E-state index in [2.05, 4.69) is 23.3 Å². The third-order valence-electron chi connectivity index (χ3n) is 3.44. The van der Waals surface area contributed by atoms with E-state index in [0.717, 1.165) is 28.5 Å². The first-order valence-electron chi connectivity index (χ1n) is 7.23. The number of hydrogen-bond donors (Lipinski definition) is 1. The second-order valence-electron chi connectivity index (χ2n) is 5.09. The molecule has 2 heterocycles. The quantitative estimate of drug-likeness (QED) is 0.634. The zero-order valence-electron chi connectivity index (χ0n) is 12.4. The molecule has 2 aromatic heterocycles. The Kier molecular flexibility index (Phi) is 4.85.